The quantitative estimate of drug-likeness (QED) is 0.819. The zero-order valence-corrected chi connectivity index (χ0v) is 12.3. The van der Waals surface area contributed by atoms with E-state index in [-0.39, 0.29) is 11.1 Å². The second-order valence-electron chi connectivity index (χ2n) is 3.76. The molecule has 96 valence electrons. The van der Waals surface area contributed by atoms with E-state index in [0.29, 0.717) is 13.7 Å². The van der Waals surface area contributed by atoms with Gasteiger partial charge < -0.3 is 5.11 Å². The fourth-order valence-corrected chi connectivity index (χ4v) is 3.30. The van der Waals surface area contributed by atoms with E-state index in [1.807, 2.05) is 0 Å². The second-order valence-corrected chi connectivity index (χ2v) is 6.31. The Morgan fingerprint density at radius 3 is 2.61 bits per heavy atom. The minimum absolute atomic E-state index is 0.284. The summed E-state index contributed by atoms with van der Waals surface area (Å²) in [5, 5.41) is 10.1. The molecule has 1 aromatic carbocycles. The van der Waals surface area contributed by atoms with E-state index in [2.05, 4.69) is 15.9 Å². The van der Waals surface area contributed by atoms with Crippen molar-refractivity contribution < 1.29 is 13.9 Å². The Balaban J connectivity index is 2.52. The summed E-state index contributed by atoms with van der Waals surface area (Å²) in [5.74, 6) is -1.51. The van der Waals surface area contributed by atoms with Gasteiger partial charge >= 0.3 is 0 Å². The van der Waals surface area contributed by atoms with Gasteiger partial charge in [0.15, 0.2) is 0 Å². The summed E-state index contributed by atoms with van der Waals surface area (Å²) >= 11 is 10.1. The van der Waals surface area contributed by atoms with Gasteiger partial charge in [0.25, 0.3) is 0 Å². The van der Waals surface area contributed by atoms with Crippen LogP contribution in [0.4, 0.5) is 8.78 Å². The van der Waals surface area contributed by atoms with Crippen LogP contribution in [0.2, 0.25) is 4.34 Å². The van der Waals surface area contributed by atoms with Gasteiger partial charge in [-0.3, -0.25) is 0 Å². The van der Waals surface area contributed by atoms with Crippen molar-refractivity contribution in [1.82, 2.24) is 0 Å². The number of hydrogen-bond acceptors (Lipinski definition) is 2. The first-order valence-corrected chi connectivity index (χ1v) is 6.98. The van der Waals surface area contributed by atoms with Gasteiger partial charge in [-0.15, -0.1) is 11.3 Å². The average molecular weight is 354 g/mol. The number of benzene rings is 1. The van der Waals surface area contributed by atoms with Crippen molar-refractivity contribution in [3.8, 4) is 0 Å². The minimum Gasteiger partial charge on any atom is -0.383 e. The molecule has 0 amide bonds. The number of thiophene rings is 1. The second kappa shape index (κ2) is 5.25. The van der Waals surface area contributed by atoms with Gasteiger partial charge in [0, 0.05) is 9.35 Å². The van der Waals surface area contributed by atoms with Crippen molar-refractivity contribution in [2.45, 2.75) is 13.0 Å². The molecule has 18 heavy (non-hydrogen) atoms. The van der Waals surface area contributed by atoms with Crippen LogP contribution in [0.25, 0.3) is 0 Å². The van der Waals surface area contributed by atoms with Crippen molar-refractivity contribution in [2.24, 2.45) is 0 Å². The average Bonchev–Trinajstić information content (AvgIpc) is 2.65. The Morgan fingerprint density at radius 2 is 2.06 bits per heavy atom. The van der Waals surface area contributed by atoms with E-state index in [0.717, 1.165) is 17.4 Å². The molecule has 0 saturated heterocycles. The molecule has 0 aliphatic rings. The summed E-state index contributed by atoms with van der Waals surface area (Å²) in [6.45, 7) is 1.52. The smallest absolute Gasteiger partial charge is 0.135 e. The Bertz CT molecular complexity index is 581. The van der Waals surface area contributed by atoms with Crippen molar-refractivity contribution in [1.29, 1.82) is 0 Å². The van der Waals surface area contributed by atoms with Crippen LogP contribution >= 0.6 is 38.9 Å². The van der Waals surface area contributed by atoms with Crippen LogP contribution in [-0.4, -0.2) is 5.11 Å². The van der Waals surface area contributed by atoms with Gasteiger partial charge in [0.05, 0.1) is 5.56 Å². The van der Waals surface area contributed by atoms with Crippen molar-refractivity contribution >= 4 is 38.9 Å². The minimum atomic E-state index is -1.36. The van der Waals surface area contributed by atoms with Crippen LogP contribution in [0, 0.1) is 18.6 Å². The molecule has 1 aromatic heterocycles. The van der Waals surface area contributed by atoms with Gasteiger partial charge in [-0.2, -0.15) is 0 Å². The molecule has 0 fully saturated rings. The maximum Gasteiger partial charge on any atom is 0.135 e. The van der Waals surface area contributed by atoms with E-state index in [4.69, 9.17) is 11.6 Å². The van der Waals surface area contributed by atoms with Gasteiger partial charge in [-0.25, -0.2) is 8.78 Å². The molecule has 6 heteroatoms. The molecule has 2 rings (SSSR count). The van der Waals surface area contributed by atoms with Gasteiger partial charge in [-0.05, 0) is 40.5 Å². The Hall–Kier alpha value is -0.490. The van der Waals surface area contributed by atoms with Crippen LogP contribution in [0.5, 0.6) is 0 Å². The van der Waals surface area contributed by atoms with Crippen molar-refractivity contribution in [3.05, 3.63) is 54.6 Å². The highest BCUT2D eigenvalue weighted by atomic mass is 79.9. The third-order valence-corrected chi connectivity index (χ3v) is 5.05. The fraction of sp³-hybridized carbons (Fsp3) is 0.167. The highest BCUT2D eigenvalue weighted by molar-refractivity contribution is 9.10. The molecule has 0 radical (unpaired) electrons. The van der Waals surface area contributed by atoms with Gasteiger partial charge in [0.2, 0.25) is 0 Å². The van der Waals surface area contributed by atoms with Gasteiger partial charge in [0.1, 0.15) is 22.1 Å². The number of aryl methyl sites for hydroxylation is 1. The number of aliphatic hydroxyl groups is 1. The lowest BCUT2D eigenvalue weighted by molar-refractivity contribution is 0.212. The topological polar surface area (TPSA) is 20.2 Å². The lowest BCUT2D eigenvalue weighted by Gasteiger charge is -2.12. The van der Waals surface area contributed by atoms with E-state index in [9.17, 15) is 13.9 Å². The molecule has 0 aliphatic carbocycles. The first-order valence-electron chi connectivity index (χ1n) is 4.99. The number of rotatable bonds is 2. The monoisotopic (exact) mass is 352 g/mol. The molecule has 2 aromatic rings. The molecule has 1 nitrogen and oxygen atoms in total. The molecule has 1 unspecified atom stereocenters. The first-order chi connectivity index (χ1) is 8.41. The Labute approximate surface area is 120 Å². The fourth-order valence-electron chi connectivity index (χ4n) is 1.57. The summed E-state index contributed by atoms with van der Waals surface area (Å²) in [5.41, 5.74) is -0.0624. The number of hydrogen-bond donors (Lipinski definition) is 1. The highest BCUT2D eigenvalue weighted by Gasteiger charge is 2.23. The van der Waals surface area contributed by atoms with Gasteiger partial charge in [-0.1, -0.05) is 17.7 Å². The van der Waals surface area contributed by atoms with Crippen molar-refractivity contribution in [2.75, 3.05) is 0 Å². The third kappa shape index (κ3) is 2.45. The van der Waals surface area contributed by atoms with Crippen LogP contribution in [0.15, 0.2) is 22.7 Å². The van der Waals surface area contributed by atoms with Crippen LogP contribution < -0.4 is 0 Å². The predicted molar refractivity (Wildman–Crippen MR) is 72.2 cm³/mol. The zero-order valence-electron chi connectivity index (χ0n) is 9.18. The Kier molecular flexibility index (Phi) is 4.06. The molecular weight excluding hydrogens is 346 g/mol. The molecule has 0 spiro atoms. The lowest BCUT2D eigenvalue weighted by atomic mass is 10.0. The zero-order chi connectivity index (χ0) is 13.4. The van der Waals surface area contributed by atoms with E-state index < -0.39 is 17.7 Å². The van der Waals surface area contributed by atoms with Crippen LogP contribution in [0.3, 0.4) is 0 Å². The molecule has 0 bridgehead atoms. The Morgan fingerprint density at radius 1 is 1.39 bits per heavy atom. The first kappa shape index (κ1) is 13.9. The molecule has 0 saturated carbocycles. The maximum absolute atomic E-state index is 13.9. The lowest BCUT2D eigenvalue weighted by Crippen LogP contribution is -2.05. The van der Waals surface area contributed by atoms with E-state index in [1.165, 1.54) is 13.0 Å². The summed E-state index contributed by atoms with van der Waals surface area (Å²) in [6, 6.07) is 4.03. The van der Waals surface area contributed by atoms with Crippen LogP contribution in [0.1, 0.15) is 22.1 Å². The van der Waals surface area contributed by atoms with E-state index in [1.54, 1.807) is 6.07 Å². The SMILES string of the molecule is Cc1ccc(F)c(C(O)c2cc(Br)c(Cl)s2)c1F. The molecular formula is C12H8BrClF2OS. The molecule has 1 atom stereocenters. The largest absolute Gasteiger partial charge is 0.383 e. The number of halogens is 4. The molecule has 0 aliphatic heterocycles. The normalized spacial score (nSPS) is 12.8. The summed E-state index contributed by atoms with van der Waals surface area (Å²) < 4.78 is 28.5. The predicted octanol–water partition coefficient (Wildman–Crippen LogP) is 4.83. The standard InChI is InChI=1S/C12H8BrClF2OS/c1-5-2-3-7(15)9(10(5)16)11(17)8-4-6(13)12(14)18-8/h2-4,11,17H,1H3. The molecule has 1 heterocycles. The summed E-state index contributed by atoms with van der Waals surface area (Å²) in [4.78, 5) is 0.385. The van der Waals surface area contributed by atoms with Crippen LogP contribution in [-0.2, 0) is 0 Å². The highest BCUT2D eigenvalue weighted by Crippen LogP contribution is 2.38. The van der Waals surface area contributed by atoms with E-state index >= 15 is 0 Å². The maximum atomic E-state index is 13.9. The third-order valence-electron chi connectivity index (χ3n) is 2.53. The summed E-state index contributed by atoms with van der Waals surface area (Å²) in [6.07, 6.45) is -1.36. The number of aliphatic hydroxyl groups excluding tert-OH is 1. The van der Waals surface area contributed by atoms with Crippen molar-refractivity contribution in [3.63, 3.8) is 0 Å². The summed E-state index contributed by atoms with van der Waals surface area (Å²) in [7, 11) is 0. The molecule has 1 N–H and O–H groups in total.